The number of carboxylic acids is 1. The van der Waals surface area contributed by atoms with E-state index >= 15 is 0 Å². The molecule has 1 heterocycles. The molecule has 0 spiro atoms. The molecule has 1 aliphatic heterocycles. The lowest BCUT2D eigenvalue weighted by Gasteiger charge is -2.30. The monoisotopic (exact) mass is 271 g/mol. The molecule has 1 N–H and O–H groups in total. The Morgan fingerprint density at radius 2 is 2.05 bits per heavy atom. The molecule has 0 aliphatic carbocycles. The lowest BCUT2D eigenvalue weighted by Crippen LogP contribution is -2.44. The van der Waals surface area contributed by atoms with Gasteiger partial charge in [0.1, 0.15) is 11.3 Å². The molecule has 1 aliphatic rings. The van der Waals surface area contributed by atoms with Gasteiger partial charge in [0, 0.05) is 6.61 Å². The van der Waals surface area contributed by atoms with Crippen molar-refractivity contribution in [1.82, 2.24) is 4.90 Å². The first-order chi connectivity index (χ1) is 8.76. The maximum absolute atomic E-state index is 12.2. The van der Waals surface area contributed by atoms with Gasteiger partial charge in [0.15, 0.2) is 0 Å². The Bertz CT molecular complexity index is 377. The van der Waals surface area contributed by atoms with Crippen molar-refractivity contribution in [2.45, 2.75) is 45.8 Å². The molecule has 1 rings (SSSR count). The predicted molar refractivity (Wildman–Crippen MR) is 68.7 cm³/mol. The van der Waals surface area contributed by atoms with E-state index in [-0.39, 0.29) is 11.7 Å². The normalized spacial score (nSPS) is 20.2. The lowest BCUT2D eigenvalue weighted by molar-refractivity contribution is -0.134. The van der Waals surface area contributed by atoms with Crippen molar-refractivity contribution >= 4 is 12.1 Å². The Kier molecular flexibility index (Phi) is 4.94. The third kappa shape index (κ3) is 4.24. The van der Waals surface area contributed by atoms with Crippen LogP contribution in [0.3, 0.4) is 0 Å². The molecular weight excluding hydrogens is 250 g/mol. The molecule has 0 aromatic carbocycles. The van der Waals surface area contributed by atoms with Crippen molar-refractivity contribution in [2.75, 3.05) is 13.2 Å². The van der Waals surface area contributed by atoms with Crippen LogP contribution in [-0.4, -0.2) is 46.9 Å². The standard InChI is InChI=1S/C13H21NO5/c1-5-10(11(15)16)14(9-6-7-18-8-9)12(17)19-13(2,3)4/h5,9H,6-8H2,1-4H3,(H,15,16). The summed E-state index contributed by atoms with van der Waals surface area (Å²) in [6, 6.07) is -0.294. The van der Waals surface area contributed by atoms with Crippen LogP contribution >= 0.6 is 0 Å². The molecule has 1 fully saturated rings. The zero-order chi connectivity index (χ0) is 14.6. The molecule has 0 aromatic heterocycles. The average Bonchev–Trinajstić information content (AvgIpc) is 2.75. The Balaban J connectivity index is 2.98. The van der Waals surface area contributed by atoms with E-state index in [4.69, 9.17) is 9.47 Å². The molecule has 1 amide bonds. The quantitative estimate of drug-likeness (QED) is 0.794. The van der Waals surface area contributed by atoms with Crippen LogP contribution in [0.1, 0.15) is 34.1 Å². The number of rotatable bonds is 3. The summed E-state index contributed by atoms with van der Waals surface area (Å²) in [5, 5.41) is 9.19. The van der Waals surface area contributed by atoms with Gasteiger partial charge in [-0.3, -0.25) is 4.90 Å². The lowest BCUT2D eigenvalue weighted by atomic mass is 10.2. The van der Waals surface area contributed by atoms with E-state index in [1.54, 1.807) is 27.7 Å². The number of aliphatic carboxylic acids is 1. The fourth-order valence-corrected chi connectivity index (χ4v) is 1.85. The smallest absolute Gasteiger partial charge is 0.415 e. The zero-order valence-corrected chi connectivity index (χ0v) is 11.8. The highest BCUT2D eigenvalue weighted by molar-refractivity contribution is 5.91. The minimum atomic E-state index is -1.15. The zero-order valence-electron chi connectivity index (χ0n) is 11.8. The summed E-state index contributed by atoms with van der Waals surface area (Å²) in [5.41, 5.74) is -0.753. The van der Waals surface area contributed by atoms with Crippen molar-refractivity contribution in [1.29, 1.82) is 0 Å². The van der Waals surface area contributed by atoms with Crippen LogP contribution in [-0.2, 0) is 14.3 Å². The molecule has 0 radical (unpaired) electrons. The summed E-state index contributed by atoms with van der Waals surface area (Å²) in [7, 11) is 0. The number of ether oxygens (including phenoxy) is 2. The van der Waals surface area contributed by atoms with Crippen LogP contribution in [0, 0.1) is 0 Å². The van der Waals surface area contributed by atoms with Gasteiger partial charge in [-0.2, -0.15) is 0 Å². The summed E-state index contributed by atoms with van der Waals surface area (Å²) in [5.74, 6) is -1.15. The molecule has 1 saturated heterocycles. The molecule has 1 atom stereocenters. The first kappa shape index (κ1) is 15.5. The van der Waals surface area contributed by atoms with Gasteiger partial charge < -0.3 is 14.6 Å². The van der Waals surface area contributed by atoms with Crippen LogP contribution in [0.5, 0.6) is 0 Å². The maximum atomic E-state index is 12.2. The number of carbonyl (C=O) groups excluding carboxylic acids is 1. The Hall–Kier alpha value is -1.56. The summed E-state index contributed by atoms with van der Waals surface area (Å²) >= 11 is 0. The van der Waals surface area contributed by atoms with Crippen molar-refractivity contribution in [3.8, 4) is 0 Å². The maximum Gasteiger partial charge on any atom is 0.415 e. The van der Waals surface area contributed by atoms with E-state index in [9.17, 15) is 14.7 Å². The second-order valence-corrected chi connectivity index (χ2v) is 5.35. The summed E-state index contributed by atoms with van der Waals surface area (Å²) in [6.45, 7) is 7.64. The fourth-order valence-electron chi connectivity index (χ4n) is 1.85. The van der Waals surface area contributed by atoms with Crippen LogP contribution in [0.15, 0.2) is 11.8 Å². The van der Waals surface area contributed by atoms with Crippen LogP contribution < -0.4 is 0 Å². The third-order valence-corrected chi connectivity index (χ3v) is 2.61. The number of amides is 1. The number of allylic oxidation sites excluding steroid dienone is 1. The SMILES string of the molecule is CC=C(C(=O)O)N(C(=O)OC(C)(C)C)C1CCOC1. The molecule has 6 heteroatoms. The van der Waals surface area contributed by atoms with Crippen LogP contribution in [0.4, 0.5) is 4.79 Å². The van der Waals surface area contributed by atoms with Gasteiger partial charge in [-0.15, -0.1) is 0 Å². The third-order valence-electron chi connectivity index (χ3n) is 2.61. The Morgan fingerprint density at radius 3 is 2.42 bits per heavy atom. The number of carbonyl (C=O) groups is 2. The first-order valence-corrected chi connectivity index (χ1v) is 6.26. The molecule has 0 aromatic rings. The van der Waals surface area contributed by atoms with Crippen LogP contribution in [0.2, 0.25) is 0 Å². The van der Waals surface area contributed by atoms with Crippen molar-refractivity contribution in [3.05, 3.63) is 11.8 Å². The minimum Gasteiger partial charge on any atom is -0.477 e. The van der Waals surface area contributed by atoms with E-state index in [0.29, 0.717) is 19.6 Å². The van der Waals surface area contributed by atoms with Gasteiger partial charge in [-0.1, -0.05) is 6.08 Å². The van der Waals surface area contributed by atoms with Crippen molar-refractivity contribution in [3.63, 3.8) is 0 Å². The molecule has 0 saturated carbocycles. The van der Waals surface area contributed by atoms with E-state index in [1.165, 1.54) is 11.0 Å². The summed E-state index contributed by atoms with van der Waals surface area (Å²) in [4.78, 5) is 24.6. The second-order valence-electron chi connectivity index (χ2n) is 5.35. The Labute approximate surface area is 113 Å². The van der Waals surface area contributed by atoms with Gasteiger partial charge >= 0.3 is 12.1 Å². The molecule has 108 valence electrons. The molecule has 0 bridgehead atoms. The van der Waals surface area contributed by atoms with Gasteiger partial charge in [0.05, 0.1) is 12.6 Å². The highest BCUT2D eigenvalue weighted by Gasteiger charge is 2.35. The second kappa shape index (κ2) is 6.06. The summed E-state index contributed by atoms with van der Waals surface area (Å²) < 4.78 is 10.5. The summed E-state index contributed by atoms with van der Waals surface area (Å²) in [6.07, 6.45) is 1.34. The topological polar surface area (TPSA) is 76.1 Å². The highest BCUT2D eigenvalue weighted by Crippen LogP contribution is 2.21. The van der Waals surface area contributed by atoms with E-state index in [1.807, 2.05) is 0 Å². The van der Waals surface area contributed by atoms with E-state index < -0.39 is 17.7 Å². The van der Waals surface area contributed by atoms with Crippen molar-refractivity contribution in [2.24, 2.45) is 0 Å². The molecular formula is C13H21NO5. The fraction of sp³-hybridized carbons (Fsp3) is 0.692. The number of carboxylic acid groups (broad SMARTS) is 1. The van der Waals surface area contributed by atoms with Crippen LogP contribution in [0.25, 0.3) is 0 Å². The molecule has 1 unspecified atom stereocenters. The van der Waals surface area contributed by atoms with Gasteiger partial charge in [0.25, 0.3) is 0 Å². The Morgan fingerprint density at radius 1 is 1.42 bits per heavy atom. The van der Waals surface area contributed by atoms with Gasteiger partial charge in [0.2, 0.25) is 0 Å². The van der Waals surface area contributed by atoms with E-state index in [2.05, 4.69) is 0 Å². The number of hydrogen-bond donors (Lipinski definition) is 1. The number of hydrogen-bond acceptors (Lipinski definition) is 4. The number of nitrogens with zero attached hydrogens (tertiary/aromatic N) is 1. The van der Waals surface area contributed by atoms with Crippen molar-refractivity contribution < 1.29 is 24.2 Å². The highest BCUT2D eigenvalue weighted by atomic mass is 16.6. The average molecular weight is 271 g/mol. The largest absolute Gasteiger partial charge is 0.477 e. The predicted octanol–water partition coefficient (Wildman–Crippen LogP) is 2.00. The minimum absolute atomic E-state index is 0.0789. The van der Waals surface area contributed by atoms with E-state index in [0.717, 1.165) is 0 Å². The van der Waals surface area contributed by atoms with Gasteiger partial charge in [-0.25, -0.2) is 9.59 Å². The molecule has 19 heavy (non-hydrogen) atoms. The van der Waals surface area contributed by atoms with Gasteiger partial charge in [-0.05, 0) is 34.1 Å². The molecule has 6 nitrogen and oxygen atoms in total. The first-order valence-electron chi connectivity index (χ1n) is 6.26.